The number of halogens is 1. The van der Waals surface area contributed by atoms with Gasteiger partial charge in [-0.2, -0.15) is 0 Å². The number of hydrogen-bond acceptors (Lipinski definition) is 4. The Kier molecular flexibility index (Phi) is 5.43. The van der Waals surface area contributed by atoms with E-state index >= 15 is 0 Å². The van der Waals surface area contributed by atoms with Gasteiger partial charge in [0.25, 0.3) is 0 Å². The van der Waals surface area contributed by atoms with E-state index in [-0.39, 0.29) is 18.4 Å². The normalized spacial score (nSPS) is 15.5. The second-order valence-electron chi connectivity index (χ2n) is 6.15. The van der Waals surface area contributed by atoms with E-state index in [1.165, 1.54) is 0 Å². The largest absolute Gasteiger partial charge is 0.481 e. The van der Waals surface area contributed by atoms with E-state index in [0.717, 1.165) is 23.9 Å². The van der Waals surface area contributed by atoms with Crippen LogP contribution >= 0.6 is 11.6 Å². The number of aliphatic carboxylic acids is 1. The molecule has 134 valence electrons. The van der Waals surface area contributed by atoms with Crippen LogP contribution in [-0.4, -0.2) is 46.6 Å². The number of carboxylic acids is 1. The van der Waals surface area contributed by atoms with Crippen molar-refractivity contribution in [3.8, 4) is 0 Å². The molecule has 0 saturated carbocycles. The standard InChI is InChI=1S/C17H20ClN3O4/c18-12-3-4-14-13(10-12)20-16(25-14)11-5-8-21(9-6-11)17(24)19-7-1-2-15(22)23/h3-4,10-11H,1-2,5-9H2,(H,19,24)(H,22,23). The van der Waals surface area contributed by atoms with E-state index in [0.29, 0.717) is 37.0 Å². The van der Waals surface area contributed by atoms with Crippen molar-refractivity contribution in [3.63, 3.8) is 0 Å². The number of oxazole rings is 1. The molecule has 1 saturated heterocycles. The van der Waals surface area contributed by atoms with E-state index in [9.17, 15) is 9.59 Å². The number of piperidine rings is 1. The second-order valence-corrected chi connectivity index (χ2v) is 6.59. The summed E-state index contributed by atoms with van der Waals surface area (Å²) in [4.78, 5) is 28.8. The van der Waals surface area contributed by atoms with Crippen molar-refractivity contribution in [1.82, 2.24) is 15.2 Å². The molecule has 1 aromatic heterocycles. The second kappa shape index (κ2) is 7.74. The summed E-state index contributed by atoms with van der Waals surface area (Å²) < 4.78 is 5.82. The third-order valence-corrected chi connectivity index (χ3v) is 4.58. The van der Waals surface area contributed by atoms with Crippen molar-refractivity contribution in [2.75, 3.05) is 19.6 Å². The van der Waals surface area contributed by atoms with Crippen molar-refractivity contribution >= 4 is 34.7 Å². The topological polar surface area (TPSA) is 95.7 Å². The zero-order valence-corrected chi connectivity index (χ0v) is 14.5. The molecule has 2 aromatic rings. The Morgan fingerprint density at radius 2 is 2.12 bits per heavy atom. The van der Waals surface area contributed by atoms with Gasteiger partial charge < -0.3 is 19.7 Å². The molecule has 0 radical (unpaired) electrons. The molecule has 0 bridgehead atoms. The first-order valence-electron chi connectivity index (χ1n) is 8.33. The summed E-state index contributed by atoms with van der Waals surface area (Å²) in [6.07, 6.45) is 2.05. The van der Waals surface area contributed by atoms with Gasteiger partial charge in [-0.25, -0.2) is 9.78 Å². The maximum Gasteiger partial charge on any atom is 0.317 e. The van der Waals surface area contributed by atoms with Crippen LogP contribution in [-0.2, 0) is 4.79 Å². The van der Waals surface area contributed by atoms with E-state index < -0.39 is 5.97 Å². The number of nitrogens with zero attached hydrogens (tertiary/aromatic N) is 2. The van der Waals surface area contributed by atoms with Crippen LogP contribution in [0.4, 0.5) is 4.79 Å². The smallest absolute Gasteiger partial charge is 0.317 e. The fraction of sp³-hybridized carbons (Fsp3) is 0.471. The molecule has 2 amide bonds. The lowest BCUT2D eigenvalue weighted by Crippen LogP contribution is -2.44. The molecule has 2 N–H and O–H groups in total. The van der Waals surface area contributed by atoms with E-state index in [2.05, 4.69) is 10.3 Å². The number of carboxylic acid groups (broad SMARTS) is 1. The first-order chi connectivity index (χ1) is 12.0. The number of hydrogen-bond donors (Lipinski definition) is 2. The highest BCUT2D eigenvalue weighted by molar-refractivity contribution is 6.31. The number of aromatic nitrogens is 1. The van der Waals surface area contributed by atoms with Crippen LogP contribution in [0.25, 0.3) is 11.1 Å². The van der Waals surface area contributed by atoms with E-state index in [4.69, 9.17) is 21.1 Å². The molecule has 1 aliphatic rings. The van der Waals surface area contributed by atoms with Gasteiger partial charge in [-0.1, -0.05) is 11.6 Å². The summed E-state index contributed by atoms with van der Waals surface area (Å²) in [6, 6.07) is 5.22. The molecule has 7 nitrogen and oxygen atoms in total. The average Bonchev–Trinajstić information content (AvgIpc) is 3.01. The molecule has 1 fully saturated rings. The predicted octanol–water partition coefficient (Wildman–Crippen LogP) is 3.24. The van der Waals surface area contributed by atoms with Crippen LogP contribution in [0, 0.1) is 0 Å². The SMILES string of the molecule is O=C(O)CCCNC(=O)N1CCC(c2nc3cc(Cl)ccc3o2)CC1. The number of carbonyl (C=O) groups is 2. The Morgan fingerprint density at radius 1 is 1.36 bits per heavy atom. The van der Waals surface area contributed by atoms with E-state index in [1.807, 2.05) is 6.07 Å². The van der Waals surface area contributed by atoms with Crippen molar-refractivity contribution in [2.45, 2.75) is 31.6 Å². The lowest BCUT2D eigenvalue weighted by molar-refractivity contribution is -0.137. The van der Waals surface area contributed by atoms with Gasteiger partial charge in [-0.3, -0.25) is 4.79 Å². The summed E-state index contributed by atoms with van der Waals surface area (Å²) in [5.74, 6) is 0.0238. The minimum absolute atomic E-state index is 0.0596. The number of fused-ring (bicyclic) bond motifs is 1. The number of nitrogens with one attached hydrogen (secondary N) is 1. The van der Waals surface area contributed by atoms with Crippen LogP contribution in [0.5, 0.6) is 0 Å². The van der Waals surface area contributed by atoms with Gasteiger partial charge in [-0.15, -0.1) is 0 Å². The van der Waals surface area contributed by atoms with Crippen LogP contribution in [0.2, 0.25) is 5.02 Å². The molecule has 0 aliphatic carbocycles. The molecular formula is C17H20ClN3O4. The molecule has 1 aromatic carbocycles. The van der Waals surface area contributed by atoms with Crippen LogP contribution in [0.1, 0.15) is 37.5 Å². The zero-order chi connectivity index (χ0) is 17.8. The average molecular weight is 366 g/mol. The highest BCUT2D eigenvalue weighted by Crippen LogP contribution is 2.30. The van der Waals surface area contributed by atoms with Crippen LogP contribution < -0.4 is 5.32 Å². The van der Waals surface area contributed by atoms with Gasteiger partial charge in [0, 0.05) is 37.0 Å². The minimum atomic E-state index is -0.852. The molecule has 25 heavy (non-hydrogen) atoms. The number of urea groups is 1. The lowest BCUT2D eigenvalue weighted by Gasteiger charge is -2.30. The summed E-state index contributed by atoms with van der Waals surface area (Å²) in [5, 5.41) is 12.0. The molecule has 0 unspecified atom stereocenters. The van der Waals surface area contributed by atoms with E-state index in [1.54, 1.807) is 17.0 Å². The summed E-state index contributed by atoms with van der Waals surface area (Å²) >= 11 is 5.97. The Morgan fingerprint density at radius 3 is 2.84 bits per heavy atom. The van der Waals surface area contributed by atoms with Gasteiger partial charge in [0.05, 0.1) is 0 Å². The van der Waals surface area contributed by atoms with Crippen molar-refractivity contribution in [2.24, 2.45) is 0 Å². The number of carbonyl (C=O) groups excluding carboxylic acids is 1. The Hall–Kier alpha value is -2.28. The van der Waals surface area contributed by atoms with Crippen molar-refractivity contribution in [3.05, 3.63) is 29.1 Å². The molecule has 2 heterocycles. The van der Waals surface area contributed by atoms with Gasteiger partial charge in [0.15, 0.2) is 11.5 Å². The molecule has 8 heteroatoms. The third kappa shape index (κ3) is 4.42. The van der Waals surface area contributed by atoms with Gasteiger partial charge >= 0.3 is 12.0 Å². The molecule has 3 rings (SSSR count). The van der Waals surface area contributed by atoms with Crippen LogP contribution in [0.3, 0.4) is 0 Å². The van der Waals surface area contributed by atoms with Gasteiger partial charge in [0.1, 0.15) is 5.52 Å². The first kappa shape index (κ1) is 17.5. The maximum absolute atomic E-state index is 12.1. The van der Waals surface area contributed by atoms with Crippen LogP contribution in [0.15, 0.2) is 22.6 Å². The first-order valence-corrected chi connectivity index (χ1v) is 8.71. The highest BCUT2D eigenvalue weighted by Gasteiger charge is 2.27. The van der Waals surface area contributed by atoms with Gasteiger partial charge in [-0.05, 0) is 37.5 Å². The summed E-state index contributed by atoms with van der Waals surface area (Å²) in [7, 11) is 0. The Bertz CT molecular complexity index is 768. The fourth-order valence-electron chi connectivity index (χ4n) is 2.97. The predicted molar refractivity (Wildman–Crippen MR) is 92.8 cm³/mol. The molecule has 0 spiro atoms. The zero-order valence-electron chi connectivity index (χ0n) is 13.7. The van der Waals surface area contributed by atoms with Gasteiger partial charge in [0.2, 0.25) is 0 Å². The van der Waals surface area contributed by atoms with Crippen molar-refractivity contribution in [1.29, 1.82) is 0 Å². The maximum atomic E-state index is 12.1. The number of rotatable bonds is 5. The molecular weight excluding hydrogens is 346 g/mol. The minimum Gasteiger partial charge on any atom is -0.481 e. The monoisotopic (exact) mass is 365 g/mol. The fourth-order valence-corrected chi connectivity index (χ4v) is 3.14. The molecule has 0 atom stereocenters. The number of likely N-dealkylation sites (tertiary alicyclic amines) is 1. The third-order valence-electron chi connectivity index (χ3n) is 4.34. The Balaban J connectivity index is 1.50. The summed E-state index contributed by atoms with van der Waals surface area (Å²) in [6.45, 7) is 1.61. The quantitative estimate of drug-likeness (QED) is 0.793. The highest BCUT2D eigenvalue weighted by atomic mass is 35.5. The lowest BCUT2D eigenvalue weighted by atomic mass is 9.97. The molecule has 1 aliphatic heterocycles. The number of amides is 2. The Labute approximate surface area is 150 Å². The number of benzene rings is 1. The summed E-state index contributed by atoms with van der Waals surface area (Å²) in [5.41, 5.74) is 1.47. The van der Waals surface area contributed by atoms with Crippen molar-refractivity contribution < 1.29 is 19.1 Å².